The Labute approximate surface area is 59.4 Å². The highest BCUT2D eigenvalue weighted by molar-refractivity contribution is 5.40. The Kier molecular flexibility index (Phi) is 1.86. The molecular formula is C7H8N3+. The molecule has 1 rings (SSSR count). The maximum atomic E-state index is 5.04. The van der Waals surface area contributed by atoms with Crippen molar-refractivity contribution in [2.75, 3.05) is 0 Å². The summed E-state index contributed by atoms with van der Waals surface area (Å²) in [5, 5.41) is 0. The van der Waals surface area contributed by atoms with Gasteiger partial charge in [-0.3, -0.25) is 0 Å². The molecule has 0 radical (unpaired) electrons. The molecule has 0 N–H and O–H groups in total. The van der Waals surface area contributed by atoms with Gasteiger partial charge in [0.15, 0.2) is 0 Å². The molecule has 3 heteroatoms. The first-order chi connectivity index (χ1) is 4.88. The fraction of sp³-hybridized carbons (Fsp3) is 0.143. The van der Waals surface area contributed by atoms with Crippen LogP contribution in [0.3, 0.4) is 0 Å². The molecule has 0 aromatic carbocycles. The maximum Gasteiger partial charge on any atom is 0.305 e. The summed E-state index contributed by atoms with van der Waals surface area (Å²) in [5.74, 6) is 0.741. The average Bonchev–Trinajstić information content (AvgIpc) is 2.36. The zero-order chi connectivity index (χ0) is 7.40. The van der Waals surface area contributed by atoms with E-state index in [1.165, 1.54) is 4.68 Å². The monoisotopic (exact) mass is 134 g/mol. The Morgan fingerprint density at radius 1 is 1.80 bits per heavy atom. The number of aromatic nitrogens is 2. The van der Waals surface area contributed by atoms with Gasteiger partial charge in [0, 0.05) is 4.68 Å². The van der Waals surface area contributed by atoms with E-state index in [0.717, 1.165) is 5.82 Å². The van der Waals surface area contributed by atoms with Gasteiger partial charge < -0.3 is 0 Å². The Hall–Kier alpha value is -1.56. The fourth-order valence-corrected chi connectivity index (χ4v) is 0.674. The fourth-order valence-electron chi connectivity index (χ4n) is 0.674. The Morgan fingerprint density at radius 3 is 3.20 bits per heavy atom. The summed E-state index contributed by atoms with van der Waals surface area (Å²) in [6.45, 7) is 6.95. The number of imidazole rings is 1. The minimum atomic E-state index is 0.741. The molecule has 0 unspecified atom stereocenters. The summed E-state index contributed by atoms with van der Waals surface area (Å²) in [5.41, 5.74) is 0. The van der Waals surface area contributed by atoms with Crippen molar-refractivity contribution in [1.29, 1.82) is 0 Å². The standard InChI is InChI=1S/C7H8N3/c1-3-4-7-9-5-6-10(7)8-2/h2-6H,1H3/q+1/b4-3-. The molecule has 50 valence electrons. The van der Waals surface area contributed by atoms with Crippen LogP contribution >= 0.6 is 0 Å². The lowest BCUT2D eigenvalue weighted by atomic mass is 10.5. The van der Waals surface area contributed by atoms with Crippen molar-refractivity contribution < 1.29 is 0 Å². The Balaban J connectivity index is 3.04. The van der Waals surface area contributed by atoms with Crippen molar-refractivity contribution in [2.45, 2.75) is 6.92 Å². The third kappa shape index (κ3) is 1.06. The summed E-state index contributed by atoms with van der Waals surface area (Å²) in [7, 11) is 0. The third-order valence-corrected chi connectivity index (χ3v) is 1.09. The van der Waals surface area contributed by atoms with Crippen molar-refractivity contribution >= 4 is 6.08 Å². The summed E-state index contributed by atoms with van der Waals surface area (Å²) in [6, 6.07) is 0. The van der Waals surface area contributed by atoms with Crippen molar-refractivity contribution in [1.82, 2.24) is 9.66 Å². The van der Waals surface area contributed by atoms with Gasteiger partial charge in [-0.2, -0.15) is 0 Å². The van der Waals surface area contributed by atoms with Gasteiger partial charge in [0.05, 0.1) is 11.2 Å². The number of allylic oxidation sites excluding steroid dienone is 1. The van der Waals surface area contributed by atoms with Gasteiger partial charge >= 0.3 is 6.57 Å². The molecular weight excluding hydrogens is 126 g/mol. The van der Waals surface area contributed by atoms with Gasteiger partial charge in [0.25, 0.3) is 0 Å². The summed E-state index contributed by atoms with van der Waals surface area (Å²) in [4.78, 5) is 7.43. The summed E-state index contributed by atoms with van der Waals surface area (Å²) in [6.07, 6.45) is 7.04. The molecule has 0 aliphatic rings. The van der Waals surface area contributed by atoms with E-state index in [2.05, 4.69) is 9.94 Å². The van der Waals surface area contributed by atoms with Crippen LogP contribution in [0.15, 0.2) is 18.5 Å². The average molecular weight is 134 g/mol. The van der Waals surface area contributed by atoms with E-state index >= 15 is 0 Å². The van der Waals surface area contributed by atoms with E-state index in [0.29, 0.717) is 0 Å². The lowest BCUT2D eigenvalue weighted by molar-refractivity contribution is 1.04. The van der Waals surface area contributed by atoms with Gasteiger partial charge in [-0.15, -0.1) is 0 Å². The van der Waals surface area contributed by atoms with Crippen LogP contribution < -0.4 is 0 Å². The van der Waals surface area contributed by atoms with Crippen LogP contribution in [0.4, 0.5) is 0 Å². The van der Waals surface area contributed by atoms with Gasteiger partial charge in [0.2, 0.25) is 5.82 Å². The van der Waals surface area contributed by atoms with E-state index in [1.54, 1.807) is 12.4 Å². The zero-order valence-electron chi connectivity index (χ0n) is 5.73. The molecule has 0 spiro atoms. The largest absolute Gasteiger partial charge is 0.305 e. The van der Waals surface area contributed by atoms with Crippen LogP contribution in [0.5, 0.6) is 0 Å². The van der Waals surface area contributed by atoms with Crippen molar-refractivity contribution in [3.05, 3.63) is 29.2 Å². The predicted molar refractivity (Wildman–Crippen MR) is 40.6 cm³/mol. The molecule has 0 amide bonds. The zero-order valence-corrected chi connectivity index (χ0v) is 5.73. The van der Waals surface area contributed by atoms with E-state index < -0.39 is 0 Å². The van der Waals surface area contributed by atoms with Crippen molar-refractivity contribution in [3.8, 4) is 6.57 Å². The molecule has 3 nitrogen and oxygen atoms in total. The van der Waals surface area contributed by atoms with E-state index in [4.69, 9.17) is 6.57 Å². The van der Waals surface area contributed by atoms with E-state index in [1.807, 2.05) is 19.1 Å². The Morgan fingerprint density at radius 2 is 2.60 bits per heavy atom. The van der Waals surface area contributed by atoms with Crippen LogP contribution in [0, 0.1) is 6.57 Å². The highest BCUT2D eigenvalue weighted by atomic mass is 15.3. The number of nitrogens with zero attached hydrogens (tertiary/aromatic N) is 3. The quantitative estimate of drug-likeness (QED) is 0.572. The first-order valence-corrected chi connectivity index (χ1v) is 2.95. The number of rotatable bonds is 1. The first kappa shape index (κ1) is 6.56. The molecule has 0 bridgehead atoms. The molecule has 10 heavy (non-hydrogen) atoms. The summed E-state index contributed by atoms with van der Waals surface area (Å²) >= 11 is 0. The second-order valence-electron chi connectivity index (χ2n) is 1.75. The molecule has 0 fully saturated rings. The van der Waals surface area contributed by atoms with Gasteiger partial charge in [-0.25, -0.2) is 4.98 Å². The maximum absolute atomic E-state index is 5.04. The molecule has 1 heterocycles. The SMILES string of the molecule is C#[N+]n1ccnc1/C=C\C. The van der Waals surface area contributed by atoms with Gasteiger partial charge in [0.1, 0.15) is 6.20 Å². The predicted octanol–water partition coefficient (Wildman–Crippen LogP) is 1.64. The van der Waals surface area contributed by atoms with Crippen LogP contribution in [0.25, 0.3) is 11.0 Å². The minimum absolute atomic E-state index is 0.741. The second-order valence-corrected chi connectivity index (χ2v) is 1.75. The first-order valence-electron chi connectivity index (χ1n) is 2.95. The van der Waals surface area contributed by atoms with Gasteiger partial charge in [-0.1, -0.05) is 6.08 Å². The highest BCUT2D eigenvalue weighted by Gasteiger charge is 2.01. The van der Waals surface area contributed by atoms with Crippen molar-refractivity contribution in [2.24, 2.45) is 0 Å². The molecule has 0 aliphatic carbocycles. The van der Waals surface area contributed by atoms with Crippen LogP contribution in [-0.2, 0) is 0 Å². The molecule has 1 aromatic rings. The summed E-state index contributed by atoms with van der Waals surface area (Å²) < 4.78 is 1.50. The molecule has 0 saturated heterocycles. The Bertz CT molecular complexity index is 277. The topological polar surface area (TPSA) is 22.2 Å². The number of hydrogen-bond acceptors (Lipinski definition) is 1. The lowest BCUT2D eigenvalue weighted by Gasteiger charge is -1.78. The third-order valence-electron chi connectivity index (χ3n) is 1.09. The van der Waals surface area contributed by atoms with Gasteiger partial charge in [-0.05, 0) is 13.0 Å². The second kappa shape index (κ2) is 2.83. The molecule has 1 aromatic heterocycles. The van der Waals surface area contributed by atoms with E-state index in [-0.39, 0.29) is 0 Å². The normalized spacial score (nSPS) is 10.0. The van der Waals surface area contributed by atoms with E-state index in [9.17, 15) is 0 Å². The number of hydrogen-bond donors (Lipinski definition) is 0. The minimum Gasteiger partial charge on any atom is -0.231 e. The van der Waals surface area contributed by atoms with Crippen LogP contribution in [-0.4, -0.2) is 9.66 Å². The van der Waals surface area contributed by atoms with Crippen molar-refractivity contribution in [3.63, 3.8) is 0 Å². The molecule has 0 aliphatic heterocycles. The highest BCUT2D eigenvalue weighted by Crippen LogP contribution is 1.98. The van der Waals surface area contributed by atoms with Crippen LogP contribution in [0.2, 0.25) is 0 Å². The molecule has 0 saturated carbocycles. The lowest BCUT2D eigenvalue weighted by Crippen LogP contribution is -1.85. The van der Waals surface area contributed by atoms with Crippen LogP contribution in [0.1, 0.15) is 12.7 Å². The smallest absolute Gasteiger partial charge is 0.231 e. The molecule has 0 atom stereocenters.